The maximum absolute atomic E-state index is 12.2. The highest BCUT2D eigenvalue weighted by Crippen LogP contribution is 2.17. The van der Waals surface area contributed by atoms with Crippen LogP contribution in [0.5, 0.6) is 0 Å². The second-order valence-corrected chi connectivity index (χ2v) is 6.40. The Morgan fingerprint density at radius 2 is 1.96 bits per heavy atom. The zero-order valence-corrected chi connectivity index (χ0v) is 13.8. The largest absolute Gasteiger partial charge is 0.309 e. The number of H-pyrrole nitrogens is 1. The summed E-state index contributed by atoms with van der Waals surface area (Å²) in [5.74, 6) is 0.741. The van der Waals surface area contributed by atoms with Crippen molar-refractivity contribution in [2.24, 2.45) is 0 Å². The summed E-state index contributed by atoms with van der Waals surface area (Å²) in [5, 5.41) is 0.647. The molecule has 1 N–H and O–H groups in total. The fourth-order valence-electron chi connectivity index (χ4n) is 3.31. The van der Waals surface area contributed by atoms with E-state index in [4.69, 9.17) is 0 Å². The number of aromatic nitrogens is 2. The average molecular weight is 312 g/mol. The van der Waals surface area contributed by atoms with Crippen molar-refractivity contribution in [1.29, 1.82) is 0 Å². The number of rotatable bonds is 4. The summed E-state index contributed by atoms with van der Waals surface area (Å²) in [6.07, 6.45) is 1.96. The third-order valence-corrected chi connectivity index (χ3v) is 4.62. The Kier molecular flexibility index (Phi) is 4.59. The summed E-state index contributed by atoms with van der Waals surface area (Å²) >= 11 is 0. The Hall–Kier alpha value is -1.98. The van der Waals surface area contributed by atoms with Crippen LogP contribution in [0.15, 0.2) is 41.7 Å². The third-order valence-electron chi connectivity index (χ3n) is 4.62. The summed E-state index contributed by atoms with van der Waals surface area (Å²) in [6, 6.07) is 8.37. The minimum atomic E-state index is -0.0587. The van der Waals surface area contributed by atoms with Crippen LogP contribution >= 0.6 is 0 Å². The molecule has 2 atom stereocenters. The zero-order valence-electron chi connectivity index (χ0n) is 13.8. The van der Waals surface area contributed by atoms with Crippen molar-refractivity contribution in [2.45, 2.75) is 32.5 Å². The molecule has 0 spiro atoms. The van der Waals surface area contributed by atoms with E-state index in [1.165, 1.54) is 0 Å². The summed E-state index contributed by atoms with van der Waals surface area (Å²) in [5.41, 5.74) is 0.703. The molecule has 1 saturated heterocycles. The van der Waals surface area contributed by atoms with Gasteiger partial charge >= 0.3 is 0 Å². The fraction of sp³-hybridized carbons (Fsp3) is 0.444. The molecular formula is C18H24N4O. The molecule has 0 bridgehead atoms. The molecule has 0 radical (unpaired) electrons. The van der Waals surface area contributed by atoms with E-state index in [-0.39, 0.29) is 5.56 Å². The van der Waals surface area contributed by atoms with Gasteiger partial charge in [0.25, 0.3) is 5.56 Å². The van der Waals surface area contributed by atoms with E-state index in [0.29, 0.717) is 24.0 Å². The number of para-hydroxylation sites is 1. The first-order chi connectivity index (χ1) is 11.1. The van der Waals surface area contributed by atoms with Crippen molar-refractivity contribution >= 4 is 10.9 Å². The average Bonchev–Trinajstić information content (AvgIpc) is 2.52. The molecule has 1 aliphatic heterocycles. The lowest BCUT2D eigenvalue weighted by Crippen LogP contribution is -2.55. The predicted molar refractivity (Wildman–Crippen MR) is 93.5 cm³/mol. The van der Waals surface area contributed by atoms with Crippen LogP contribution in [-0.4, -0.2) is 51.5 Å². The molecule has 1 fully saturated rings. The van der Waals surface area contributed by atoms with Gasteiger partial charge < -0.3 is 4.98 Å². The van der Waals surface area contributed by atoms with Crippen LogP contribution in [0.2, 0.25) is 0 Å². The Morgan fingerprint density at radius 1 is 1.26 bits per heavy atom. The number of fused-ring (bicyclic) bond motifs is 1. The minimum absolute atomic E-state index is 0.0587. The van der Waals surface area contributed by atoms with Crippen molar-refractivity contribution in [3.05, 3.63) is 53.1 Å². The molecule has 3 rings (SSSR count). The van der Waals surface area contributed by atoms with E-state index in [2.05, 4.69) is 40.2 Å². The van der Waals surface area contributed by atoms with Crippen LogP contribution in [0, 0.1) is 0 Å². The fourth-order valence-corrected chi connectivity index (χ4v) is 3.31. The van der Waals surface area contributed by atoms with E-state index < -0.39 is 0 Å². The Bertz CT molecular complexity index is 754. The van der Waals surface area contributed by atoms with Gasteiger partial charge in [-0.15, -0.1) is 6.58 Å². The van der Waals surface area contributed by atoms with E-state index in [9.17, 15) is 4.79 Å². The van der Waals surface area contributed by atoms with Crippen LogP contribution in [0.1, 0.15) is 19.7 Å². The van der Waals surface area contributed by atoms with Gasteiger partial charge in [0.15, 0.2) is 0 Å². The van der Waals surface area contributed by atoms with Gasteiger partial charge in [0, 0.05) is 31.7 Å². The molecule has 0 aliphatic carbocycles. The maximum atomic E-state index is 12.2. The third kappa shape index (κ3) is 3.35. The molecule has 0 unspecified atom stereocenters. The molecule has 1 aromatic heterocycles. The van der Waals surface area contributed by atoms with Gasteiger partial charge in [-0.05, 0) is 26.0 Å². The number of hydrogen-bond acceptors (Lipinski definition) is 4. The second-order valence-electron chi connectivity index (χ2n) is 6.40. The zero-order chi connectivity index (χ0) is 16.4. The molecule has 0 amide bonds. The van der Waals surface area contributed by atoms with Crippen molar-refractivity contribution in [3.63, 3.8) is 0 Å². The molecule has 2 heterocycles. The number of nitrogens with zero attached hydrogens (tertiary/aromatic N) is 3. The monoisotopic (exact) mass is 312 g/mol. The number of aromatic amines is 1. The molecule has 0 saturated carbocycles. The summed E-state index contributed by atoms with van der Waals surface area (Å²) in [7, 11) is 0. The Morgan fingerprint density at radius 3 is 2.74 bits per heavy atom. The predicted octanol–water partition coefficient (Wildman–Crippen LogP) is 2.00. The molecule has 23 heavy (non-hydrogen) atoms. The van der Waals surface area contributed by atoms with Crippen LogP contribution in [0.25, 0.3) is 10.9 Å². The molecule has 5 heteroatoms. The molecule has 122 valence electrons. The van der Waals surface area contributed by atoms with Gasteiger partial charge in [0.1, 0.15) is 5.82 Å². The van der Waals surface area contributed by atoms with E-state index in [1.54, 1.807) is 0 Å². The summed E-state index contributed by atoms with van der Waals surface area (Å²) in [6.45, 7) is 11.9. The van der Waals surface area contributed by atoms with Crippen LogP contribution in [0.3, 0.4) is 0 Å². The molecule has 1 aliphatic rings. The van der Waals surface area contributed by atoms with E-state index >= 15 is 0 Å². The van der Waals surface area contributed by atoms with Crippen LogP contribution in [-0.2, 0) is 6.54 Å². The SMILES string of the molecule is C=CCN1C[C@@H](C)N(Cc2nc3ccccc3c(=O)[nH]2)C[C@@H]1C. The maximum Gasteiger partial charge on any atom is 0.258 e. The first kappa shape index (κ1) is 15.9. The molecule has 5 nitrogen and oxygen atoms in total. The van der Waals surface area contributed by atoms with Gasteiger partial charge in [-0.1, -0.05) is 18.2 Å². The number of benzene rings is 1. The first-order valence-corrected chi connectivity index (χ1v) is 8.15. The van der Waals surface area contributed by atoms with E-state index in [0.717, 1.165) is 31.0 Å². The van der Waals surface area contributed by atoms with Gasteiger partial charge in [-0.2, -0.15) is 0 Å². The lowest BCUT2D eigenvalue weighted by Gasteiger charge is -2.43. The number of nitrogens with one attached hydrogen (secondary N) is 1. The lowest BCUT2D eigenvalue weighted by atomic mass is 10.1. The van der Waals surface area contributed by atoms with Crippen LogP contribution < -0.4 is 5.56 Å². The topological polar surface area (TPSA) is 52.2 Å². The first-order valence-electron chi connectivity index (χ1n) is 8.15. The Labute approximate surface area is 136 Å². The number of piperazine rings is 1. The number of hydrogen-bond donors (Lipinski definition) is 1. The summed E-state index contributed by atoms with van der Waals surface area (Å²) < 4.78 is 0. The Balaban J connectivity index is 1.79. The highest BCUT2D eigenvalue weighted by atomic mass is 16.1. The summed E-state index contributed by atoms with van der Waals surface area (Å²) in [4.78, 5) is 24.6. The lowest BCUT2D eigenvalue weighted by molar-refractivity contribution is 0.0436. The normalized spacial score (nSPS) is 23.2. The van der Waals surface area contributed by atoms with Gasteiger partial charge in [0.05, 0.1) is 17.4 Å². The second kappa shape index (κ2) is 6.64. The highest BCUT2D eigenvalue weighted by Gasteiger charge is 2.28. The molecular weight excluding hydrogens is 288 g/mol. The van der Waals surface area contributed by atoms with Crippen molar-refractivity contribution in [2.75, 3.05) is 19.6 Å². The molecule has 2 aromatic rings. The quantitative estimate of drug-likeness (QED) is 0.878. The molecule has 1 aromatic carbocycles. The standard InChI is InChI=1S/C18H24N4O/c1-4-9-21-10-14(3)22(11-13(21)2)12-17-19-16-8-6-5-7-15(16)18(23)20-17/h4-8,13-14H,1,9-12H2,2-3H3,(H,19,20,23)/t13-,14+/m0/s1. The highest BCUT2D eigenvalue weighted by molar-refractivity contribution is 5.77. The minimum Gasteiger partial charge on any atom is -0.309 e. The van der Waals surface area contributed by atoms with Crippen molar-refractivity contribution in [1.82, 2.24) is 19.8 Å². The van der Waals surface area contributed by atoms with Gasteiger partial charge in [0.2, 0.25) is 0 Å². The van der Waals surface area contributed by atoms with Gasteiger partial charge in [-0.25, -0.2) is 4.98 Å². The smallest absolute Gasteiger partial charge is 0.258 e. The van der Waals surface area contributed by atoms with Gasteiger partial charge in [-0.3, -0.25) is 14.6 Å². The van der Waals surface area contributed by atoms with Crippen LogP contribution in [0.4, 0.5) is 0 Å². The van der Waals surface area contributed by atoms with Crippen molar-refractivity contribution in [3.8, 4) is 0 Å². The van der Waals surface area contributed by atoms with E-state index in [1.807, 2.05) is 30.3 Å². The van der Waals surface area contributed by atoms with Crippen molar-refractivity contribution < 1.29 is 0 Å².